The number of aliphatic hydroxyl groups excluding tert-OH is 1. The summed E-state index contributed by atoms with van der Waals surface area (Å²) in [6.07, 6.45) is 2.56. The van der Waals surface area contributed by atoms with E-state index in [-0.39, 0.29) is 24.2 Å². The van der Waals surface area contributed by atoms with E-state index in [0.29, 0.717) is 12.4 Å². The molecule has 2 aromatic rings. The Bertz CT molecular complexity index is 640. The lowest BCUT2D eigenvalue weighted by Gasteiger charge is -2.22. The van der Waals surface area contributed by atoms with E-state index < -0.39 is 0 Å². The van der Waals surface area contributed by atoms with Gasteiger partial charge in [0.15, 0.2) is 11.4 Å². The fourth-order valence-electron chi connectivity index (χ4n) is 2.03. The molecule has 6 nitrogen and oxygen atoms in total. The summed E-state index contributed by atoms with van der Waals surface area (Å²) in [5.41, 5.74) is 1.11. The minimum atomic E-state index is -0.289. The lowest BCUT2D eigenvalue weighted by molar-refractivity contribution is 0.0671. The molecule has 1 unspecified atom stereocenters. The Morgan fingerprint density at radius 2 is 2.09 bits per heavy atom. The standard InChI is InChI=1S/C17H23N3O3/c1-4-10-23-15-11-20(14-8-6-5-7-9-14)18-16(15)17(22)19(3)13(2)12-21/h5-9,11,13,21H,4,10,12H2,1-3H3. The van der Waals surface area contributed by atoms with Gasteiger partial charge in [-0.2, -0.15) is 5.10 Å². The van der Waals surface area contributed by atoms with Crippen LogP contribution in [-0.2, 0) is 0 Å². The molecule has 1 amide bonds. The van der Waals surface area contributed by atoms with Crippen molar-refractivity contribution in [1.29, 1.82) is 0 Å². The van der Waals surface area contributed by atoms with Crippen LogP contribution in [0, 0.1) is 0 Å². The summed E-state index contributed by atoms with van der Waals surface area (Å²) < 4.78 is 7.31. The second kappa shape index (κ2) is 7.78. The second-order valence-electron chi connectivity index (χ2n) is 5.42. The zero-order valence-corrected chi connectivity index (χ0v) is 13.8. The van der Waals surface area contributed by atoms with Crippen LogP contribution in [0.4, 0.5) is 0 Å². The Labute approximate surface area is 136 Å². The maximum Gasteiger partial charge on any atom is 0.278 e. The number of aromatic nitrogens is 2. The van der Waals surface area contributed by atoms with Crippen molar-refractivity contribution in [3.63, 3.8) is 0 Å². The highest BCUT2D eigenvalue weighted by molar-refractivity contribution is 5.95. The molecule has 23 heavy (non-hydrogen) atoms. The van der Waals surface area contributed by atoms with Gasteiger partial charge in [-0.05, 0) is 25.5 Å². The number of hydrogen-bond acceptors (Lipinski definition) is 4. The van der Waals surface area contributed by atoms with Gasteiger partial charge >= 0.3 is 0 Å². The summed E-state index contributed by atoms with van der Waals surface area (Å²) in [4.78, 5) is 14.1. The van der Waals surface area contributed by atoms with Crippen LogP contribution in [0.25, 0.3) is 5.69 Å². The highest BCUT2D eigenvalue weighted by atomic mass is 16.5. The average Bonchev–Trinajstić information content (AvgIpc) is 3.02. The van der Waals surface area contributed by atoms with Gasteiger partial charge in [0, 0.05) is 7.05 Å². The van der Waals surface area contributed by atoms with Crippen LogP contribution < -0.4 is 4.74 Å². The topological polar surface area (TPSA) is 67.6 Å². The van der Waals surface area contributed by atoms with Gasteiger partial charge in [-0.25, -0.2) is 4.68 Å². The molecule has 1 N–H and O–H groups in total. The lowest BCUT2D eigenvalue weighted by Crippen LogP contribution is -2.37. The van der Waals surface area contributed by atoms with Crippen LogP contribution in [0.2, 0.25) is 0 Å². The number of carbonyl (C=O) groups excluding carboxylic acids is 1. The fourth-order valence-corrected chi connectivity index (χ4v) is 2.03. The Morgan fingerprint density at radius 1 is 1.39 bits per heavy atom. The molecule has 0 saturated carbocycles. The van der Waals surface area contributed by atoms with Gasteiger partial charge in [0.25, 0.3) is 5.91 Å². The molecule has 0 aliphatic heterocycles. The number of benzene rings is 1. The minimum Gasteiger partial charge on any atom is -0.489 e. The number of likely N-dealkylation sites (N-methyl/N-ethyl adjacent to an activating group) is 1. The molecule has 0 saturated heterocycles. The van der Waals surface area contributed by atoms with Crippen LogP contribution in [0.3, 0.4) is 0 Å². The molecule has 1 atom stereocenters. The van der Waals surface area contributed by atoms with Crippen molar-refractivity contribution in [3.05, 3.63) is 42.2 Å². The summed E-state index contributed by atoms with van der Waals surface area (Å²) in [5.74, 6) is 0.185. The first-order chi connectivity index (χ1) is 11.1. The monoisotopic (exact) mass is 317 g/mol. The fraction of sp³-hybridized carbons (Fsp3) is 0.412. The number of nitrogens with zero attached hydrogens (tertiary/aromatic N) is 3. The van der Waals surface area contributed by atoms with Crippen molar-refractivity contribution in [2.45, 2.75) is 26.3 Å². The quantitative estimate of drug-likeness (QED) is 0.849. The van der Waals surface area contributed by atoms with Crippen LogP contribution in [0.15, 0.2) is 36.5 Å². The molecule has 0 bridgehead atoms. The number of aliphatic hydroxyl groups is 1. The summed E-state index contributed by atoms with van der Waals surface area (Å²) >= 11 is 0. The normalized spacial score (nSPS) is 12.0. The van der Waals surface area contributed by atoms with E-state index in [1.54, 1.807) is 24.9 Å². The number of para-hydroxylation sites is 1. The molecular formula is C17H23N3O3. The molecule has 0 fully saturated rings. The maximum absolute atomic E-state index is 12.6. The predicted octanol–water partition coefficient (Wildman–Crippen LogP) is 2.11. The van der Waals surface area contributed by atoms with Gasteiger partial charge in [-0.1, -0.05) is 25.1 Å². The Balaban J connectivity index is 2.36. The van der Waals surface area contributed by atoms with E-state index in [1.165, 1.54) is 4.90 Å². The largest absolute Gasteiger partial charge is 0.489 e. The van der Waals surface area contributed by atoms with Gasteiger partial charge in [-0.15, -0.1) is 0 Å². The maximum atomic E-state index is 12.6. The molecule has 2 rings (SSSR count). The zero-order chi connectivity index (χ0) is 16.8. The first-order valence-electron chi connectivity index (χ1n) is 7.74. The molecule has 0 spiro atoms. The second-order valence-corrected chi connectivity index (χ2v) is 5.42. The number of ether oxygens (including phenoxy) is 1. The van der Waals surface area contributed by atoms with E-state index in [4.69, 9.17) is 4.74 Å². The van der Waals surface area contributed by atoms with E-state index in [1.807, 2.05) is 37.3 Å². The van der Waals surface area contributed by atoms with Crippen molar-refractivity contribution in [1.82, 2.24) is 14.7 Å². The highest BCUT2D eigenvalue weighted by Gasteiger charge is 2.24. The number of rotatable bonds is 7. The van der Waals surface area contributed by atoms with Gasteiger partial charge < -0.3 is 14.7 Å². The first kappa shape index (κ1) is 17.0. The first-order valence-corrected chi connectivity index (χ1v) is 7.74. The van der Waals surface area contributed by atoms with Crippen molar-refractivity contribution < 1.29 is 14.6 Å². The van der Waals surface area contributed by atoms with E-state index >= 15 is 0 Å². The summed E-state index contributed by atoms with van der Waals surface area (Å²) in [5, 5.41) is 13.6. The predicted molar refractivity (Wildman–Crippen MR) is 88.0 cm³/mol. The molecule has 0 radical (unpaired) electrons. The third-order valence-corrected chi connectivity index (χ3v) is 3.61. The number of carbonyl (C=O) groups is 1. The van der Waals surface area contributed by atoms with Crippen molar-refractivity contribution in [2.75, 3.05) is 20.3 Å². The van der Waals surface area contributed by atoms with E-state index in [9.17, 15) is 9.90 Å². The summed E-state index contributed by atoms with van der Waals surface area (Å²) in [7, 11) is 1.65. The number of hydrogen-bond donors (Lipinski definition) is 1. The van der Waals surface area contributed by atoms with Gasteiger partial charge in [0.2, 0.25) is 0 Å². The molecule has 0 aliphatic carbocycles. The molecule has 1 heterocycles. The molecule has 0 aliphatic rings. The minimum absolute atomic E-state index is 0.104. The van der Waals surface area contributed by atoms with E-state index in [0.717, 1.165) is 12.1 Å². The number of amides is 1. The molecule has 6 heteroatoms. The van der Waals surface area contributed by atoms with Crippen LogP contribution in [0.1, 0.15) is 30.8 Å². The van der Waals surface area contributed by atoms with Crippen molar-refractivity contribution in [2.24, 2.45) is 0 Å². The highest BCUT2D eigenvalue weighted by Crippen LogP contribution is 2.22. The molecule has 1 aromatic carbocycles. The lowest BCUT2D eigenvalue weighted by atomic mass is 10.2. The third-order valence-electron chi connectivity index (χ3n) is 3.61. The summed E-state index contributed by atoms with van der Waals surface area (Å²) in [6, 6.07) is 9.26. The Hall–Kier alpha value is -2.34. The third kappa shape index (κ3) is 3.90. The van der Waals surface area contributed by atoms with E-state index in [2.05, 4.69) is 5.10 Å². The van der Waals surface area contributed by atoms with Gasteiger partial charge in [0.1, 0.15) is 0 Å². The summed E-state index contributed by atoms with van der Waals surface area (Å²) in [6.45, 7) is 4.19. The molecule has 1 aromatic heterocycles. The molecular weight excluding hydrogens is 294 g/mol. The van der Waals surface area contributed by atoms with Crippen molar-refractivity contribution >= 4 is 5.91 Å². The van der Waals surface area contributed by atoms with Gasteiger partial charge in [0.05, 0.1) is 31.1 Å². The zero-order valence-electron chi connectivity index (χ0n) is 13.8. The average molecular weight is 317 g/mol. The Kier molecular flexibility index (Phi) is 5.76. The smallest absolute Gasteiger partial charge is 0.278 e. The van der Waals surface area contributed by atoms with Crippen LogP contribution in [0.5, 0.6) is 5.75 Å². The van der Waals surface area contributed by atoms with Crippen LogP contribution >= 0.6 is 0 Å². The SMILES string of the molecule is CCCOc1cn(-c2ccccc2)nc1C(=O)N(C)C(C)CO. The Morgan fingerprint density at radius 3 is 2.70 bits per heavy atom. The van der Waals surface area contributed by atoms with Gasteiger partial charge in [-0.3, -0.25) is 4.79 Å². The molecule has 124 valence electrons. The van der Waals surface area contributed by atoms with Crippen molar-refractivity contribution in [3.8, 4) is 11.4 Å². The van der Waals surface area contributed by atoms with Crippen LogP contribution in [-0.4, -0.2) is 52.0 Å².